The molecule has 2 heteroatoms. The molecule has 0 aromatic heterocycles. The number of Topliss-reactive ketones (excluding diaryl/α,β-unsaturated/α-hetero) is 1. The van der Waals surface area contributed by atoms with Gasteiger partial charge in [0.15, 0.2) is 5.78 Å². The van der Waals surface area contributed by atoms with Gasteiger partial charge in [-0.3, -0.25) is 4.79 Å². The summed E-state index contributed by atoms with van der Waals surface area (Å²) in [5.41, 5.74) is 3.06. The molecule has 0 amide bonds. The molecule has 2 aromatic rings. The van der Waals surface area contributed by atoms with Crippen LogP contribution in [-0.4, -0.2) is 11.2 Å². The van der Waals surface area contributed by atoms with E-state index in [1.165, 1.54) is 0 Å². The van der Waals surface area contributed by atoms with Crippen LogP contribution in [0.4, 0.5) is 0 Å². The van der Waals surface area contributed by atoms with Crippen LogP contribution in [0.5, 0.6) is 0 Å². The Morgan fingerprint density at radius 2 is 1.57 bits per heavy atom. The monoisotopic (exact) mass is 296 g/mol. The maximum atomic E-state index is 12.5. The number of allylic oxidation sites excluding steroid dienone is 1. The number of halogens is 1. The van der Waals surface area contributed by atoms with Crippen molar-refractivity contribution < 1.29 is 4.79 Å². The first-order chi connectivity index (χ1) is 10.3. The van der Waals surface area contributed by atoms with Crippen molar-refractivity contribution in [1.82, 2.24) is 0 Å². The third-order valence-electron chi connectivity index (χ3n) is 4.01. The lowest BCUT2D eigenvalue weighted by Crippen LogP contribution is -2.29. The topological polar surface area (TPSA) is 17.1 Å². The minimum atomic E-state index is -0.462. The molecular weight excluding hydrogens is 280 g/mol. The van der Waals surface area contributed by atoms with Crippen molar-refractivity contribution in [3.63, 3.8) is 0 Å². The van der Waals surface area contributed by atoms with Crippen molar-refractivity contribution in [3.8, 4) is 0 Å². The molecule has 3 rings (SSSR count). The van der Waals surface area contributed by atoms with E-state index in [1.54, 1.807) is 0 Å². The van der Waals surface area contributed by atoms with Crippen LogP contribution in [0.25, 0.3) is 6.08 Å². The van der Waals surface area contributed by atoms with E-state index < -0.39 is 5.38 Å². The SMILES string of the molecule is O=C1C(=Cc2ccccc2)CCC(c2ccccc2)C1Cl. The molecule has 0 spiro atoms. The van der Waals surface area contributed by atoms with E-state index in [0.29, 0.717) is 0 Å². The first-order valence-corrected chi connectivity index (χ1v) is 7.68. The number of rotatable bonds is 2. The Balaban J connectivity index is 1.82. The average molecular weight is 297 g/mol. The summed E-state index contributed by atoms with van der Waals surface area (Å²) >= 11 is 6.44. The molecular formula is C19H17ClO. The number of carbonyl (C=O) groups is 1. The van der Waals surface area contributed by atoms with E-state index >= 15 is 0 Å². The first kappa shape index (κ1) is 14.1. The van der Waals surface area contributed by atoms with Crippen molar-refractivity contribution in [1.29, 1.82) is 0 Å². The first-order valence-electron chi connectivity index (χ1n) is 7.24. The second-order valence-corrected chi connectivity index (χ2v) is 5.87. The van der Waals surface area contributed by atoms with Gasteiger partial charge in [-0.15, -0.1) is 11.6 Å². The molecule has 0 N–H and O–H groups in total. The zero-order valence-electron chi connectivity index (χ0n) is 11.7. The van der Waals surface area contributed by atoms with E-state index in [1.807, 2.05) is 54.6 Å². The molecule has 0 aliphatic heterocycles. The third kappa shape index (κ3) is 3.08. The lowest BCUT2D eigenvalue weighted by atomic mass is 9.80. The normalized spacial score (nSPS) is 24.2. The van der Waals surface area contributed by atoms with Gasteiger partial charge < -0.3 is 0 Å². The predicted octanol–water partition coefficient (Wildman–Crippen LogP) is 4.82. The van der Waals surface area contributed by atoms with Crippen molar-refractivity contribution in [3.05, 3.63) is 77.4 Å². The summed E-state index contributed by atoms with van der Waals surface area (Å²) in [6.45, 7) is 0. The highest BCUT2D eigenvalue weighted by Gasteiger charge is 2.34. The Hall–Kier alpha value is -1.86. The fourth-order valence-electron chi connectivity index (χ4n) is 2.87. The van der Waals surface area contributed by atoms with Crippen LogP contribution in [0.15, 0.2) is 66.2 Å². The summed E-state index contributed by atoms with van der Waals surface area (Å²) in [6.07, 6.45) is 3.68. The molecule has 0 radical (unpaired) electrons. The van der Waals surface area contributed by atoms with Crippen LogP contribution < -0.4 is 0 Å². The molecule has 2 aromatic carbocycles. The number of hydrogen-bond donors (Lipinski definition) is 0. The molecule has 2 atom stereocenters. The van der Waals surface area contributed by atoms with Crippen molar-refractivity contribution in [2.45, 2.75) is 24.1 Å². The fourth-order valence-corrected chi connectivity index (χ4v) is 3.28. The summed E-state index contributed by atoms with van der Waals surface area (Å²) in [5.74, 6) is 0.189. The molecule has 0 bridgehead atoms. The van der Waals surface area contributed by atoms with Crippen molar-refractivity contribution in [2.75, 3.05) is 0 Å². The Bertz CT molecular complexity index is 646. The van der Waals surface area contributed by atoms with Gasteiger partial charge in [0, 0.05) is 5.92 Å². The second-order valence-electron chi connectivity index (χ2n) is 5.40. The van der Waals surface area contributed by atoms with E-state index in [4.69, 9.17) is 11.6 Å². The second kappa shape index (κ2) is 6.28. The number of alkyl halides is 1. The molecule has 21 heavy (non-hydrogen) atoms. The van der Waals surface area contributed by atoms with Crippen molar-refractivity contribution in [2.24, 2.45) is 0 Å². The zero-order valence-corrected chi connectivity index (χ0v) is 12.5. The highest BCUT2D eigenvalue weighted by molar-refractivity contribution is 6.35. The third-order valence-corrected chi connectivity index (χ3v) is 4.52. The maximum absolute atomic E-state index is 12.5. The largest absolute Gasteiger partial charge is 0.293 e. The van der Waals surface area contributed by atoms with Crippen LogP contribution in [0.2, 0.25) is 0 Å². The molecule has 2 unspecified atom stereocenters. The summed E-state index contributed by atoms with van der Waals surface area (Å²) in [4.78, 5) is 12.5. The Kier molecular flexibility index (Phi) is 4.21. The van der Waals surface area contributed by atoms with E-state index in [9.17, 15) is 4.79 Å². The van der Waals surface area contributed by atoms with Gasteiger partial charge in [0.2, 0.25) is 0 Å². The minimum absolute atomic E-state index is 0.0700. The van der Waals surface area contributed by atoms with E-state index in [2.05, 4.69) is 12.1 Å². The lowest BCUT2D eigenvalue weighted by Gasteiger charge is -2.28. The lowest BCUT2D eigenvalue weighted by molar-refractivity contribution is -0.116. The van der Waals surface area contributed by atoms with Crippen LogP contribution >= 0.6 is 11.6 Å². The van der Waals surface area contributed by atoms with Gasteiger partial charge in [-0.05, 0) is 35.6 Å². The smallest absolute Gasteiger partial charge is 0.177 e. The molecule has 106 valence electrons. The molecule has 1 fully saturated rings. The van der Waals surface area contributed by atoms with Gasteiger partial charge in [0.1, 0.15) is 5.38 Å². The van der Waals surface area contributed by atoms with Crippen molar-refractivity contribution >= 4 is 23.5 Å². The maximum Gasteiger partial charge on any atom is 0.177 e. The van der Waals surface area contributed by atoms with Crippen LogP contribution in [0.3, 0.4) is 0 Å². The van der Waals surface area contributed by atoms with Crippen LogP contribution in [0.1, 0.15) is 29.9 Å². The average Bonchev–Trinajstić information content (AvgIpc) is 2.54. The Labute approximate surface area is 130 Å². The highest BCUT2D eigenvalue weighted by atomic mass is 35.5. The van der Waals surface area contributed by atoms with Crippen LogP contribution in [-0.2, 0) is 4.79 Å². The number of hydrogen-bond acceptors (Lipinski definition) is 1. The van der Waals surface area contributed by atoms with Gasteiger partial charge in [-0.2, -0.15) is 0 Å². The molecule has 1 saturated carbocycles. The predicted molar refractivity (Wildman–Crippen MR) is 87.5 cm³/mol. The zero-order chi connectivity index (χ0) is 14.7. The van der Waals surface area contributed by atoms with Gasteiger partial charge in [-0.25, -0.2) is 0 Å². The molecule has 0 heterocycles. The summed E-state index contributed by atoms with van der Waals surface area (Å²) in [7, 11) is 0. The number of carbonyl (C=O) groups excluding carboxylic acids is 1. The van der Waals surface area contributed by atoms with Gasteiger partial charge in [-0.1, -0.05) is 60.7 Å². The summed E-state index contributed by atoms with van der Waals surface area (Å²) < 4.78 is 0. The summed E-state index contributed by atoms with van der Waals surface area (Å²) in [5, 5.41) is -0.462. The van der Waals surface area contributed by atoms with Gasteiger partial charge in [0.05, 0.1) is 0 Å². The number of benzene rings is 2. The Morgan fingerprint density at radius 1 is 0.952 bits per heavy atom. The molecule has 1 aliphatic rings. The highest BCUT2D eigenvalue weighted by Crippen LogP contribution is 2.37. The van der Waals surface area contributed by atoms with E-state index in [-0.39, 0.29) is 11.7 Å². The molecule has 0 saturated heterocycles. The van der Waals surface area contributed by atoms with E-state index in [0.717, 1.165) is 29.5 Å². The van der Waals surface area contributed by atoms with Gasteiger partial charge in [0.25, 0.3) is 0 Å². The summed E-state index contributed by atoms with van der Waals surface area (Å²) in [6, 6.07) is 20.0. The van der Waals surface area contributed by atoms with Crippen LogP contribution in [0, 0.1) is 0 Å². The number of ketones is 1. The molecule has 1 nitrogen and oxygen atoms in total. The fraction of sp³-hybridized carbons (Fsp3) is 0.211. The van der Waals surface area contributed by atoms with Gasteiger partial charge >= 0.3 is 0 Å². The minimum Gasteiger partial charge on any atom is -0.293 e. The standard InChI is InChI=1S/C19H17ClO/c20-18-17(15-9-5-2-6-10-15)12-11-16(19(18)21)13-14-7-3-1-4-8-14/h1-10,13,17-18H,11-12H2. The Morgan fingerprint density at radius 3 is 2.24 bits per heavy atom. The molecule has 1 aliphatic carbocycles. The quantitative estimate of drug-likeness (QED) is 0.573.